The van der Waals surface area contributed by atoms with Crippen LogP contribution in [0.3, 0.4) is 0 Å². The van der Waals surface area contributed by atoms with E-state index in [-0.39, 0.29) is 20.3 Å². The van der Waals surface area contributed by atoms with Gasteiger partial charge in [0.1, 0.15) is 22.6 Å². The molecule has 28 heavy (non-hydrogen) atoms. The van der Waals surface area contributed by atoms with Crippen molar-refractivity contribution in [2.45, 2.75) is 0 Å². The molecule has 138 valence electrons. The summed E-state index contributed by atoms with van der Waals surface area (Å²) in [6.07, 6.45) is 1.38. The molecule has 0 radical (unpaired) electrons. The average molecular weight is 395 g/mol. The van der Waals surface area contributed by atoms with Crippen LogP contribution < -0.4 is 19.5 Å². The minimum absolute atomic E-state index is 0.147. The minimum atomic E-state index is -1.04. The number of hydrogen-bond acceptors (Lipinski definition) is 5. The molecule has 1 aromatic heterocycles. The van der Waals surface area contributed by atoms with Gasteiger partial charge in [0.2, 0.25) is 0 Å². The second kappa shape index (κ2) is 7.87. The zero-order valence-electron chi connectivity index (χ0n) is 14.4. The predicted octanol–water partition coefficient (Wildman–Crippen LogP) is 2.21. The molecule has 0 aliphatic carbocycles. The van der Waals surface area contributed by atoms with Crippen LogP contribution in [0.15, 0.2) is 47.3 Å². The summed E-state index contributed by atoms with van der Waals surface area (Å²) in [5.41, 5.74) is -0.00751. The fourth-order valence-corrected chi connectivity index (χ4v) is 3.54. The number of thiazole rings is 1. The maximum atomic E-state index is 13.5. The van der Waals surface area contributed by atoms with Crippen molar-refractivity contribution >= 4 is 23.0 Å². The summed E-state index contributed by atoms with van der Waals surface area (Å²) in [6.45, 7) is 0. The second-order valence-corrected chi connectivity index (χ2v) is 6.56. The maximum Gasteiger partial charge on any atom is 0.273 e. The molecule has 0 bridgehead atoms. The first kappa shape index (κ1) is 19.0. The van der Waals surface area contributed by atoms with Gasteiger partial charge in [-0.1, -0.05) is 6.07 Å². The van der Waals surface area contributed by atoms with E-state index in [1.54, 1.807) is 36.4 Å². The molecule has 0 unspecified atom stereocenters. The normalized spacial score (nSPS) is 11.0. The van der Waals surface area contributed by atoms with E-state index in [9.17, 15) is 24.1 Å². The number of halogens is 2. The maximum absolute atomic E-state index is 13.5. The molecule has 0 saturated carbocycles. The topological polar surface area (TPSA) is 78.8 Å². The number of rotatable bonds is 3. The summed E-state index contributed by atoms with van der Waals surface area (Å²) >= 11 is 0.918. The van der Waals surface area contributed by atoms with Gasteiger partial charge < -0.3 is 4.74 Å². The Labute approximate surface area is 161 Å². The van der Waals surface area contributed by atoms with Gasteiger partial charge in [0.15, 0.2) is 17.2 Å². The predicted molar refractivity (Wildman–Crippen MR) is 100 cm³/mol. The molecule has 8 heteroatoms. The van der Waals surface area contributed by atoms with Crippen LogP contribution in [0.2, 0.25) is 0 Å². The van der Waals surface area contributed by atoms with Crippen LogP contribution in [-0.4, -0.2) is 11.7 Å². The van der Waals surface area contributed by atoms with Crippen molar-refractivity contribution in [1.29, 1.82) is 10.5 Å². The van der Waals surface area contributed by atoms with Crippen molar-refractivity contribution in [2.24, 2.45) is 0 Å². The monoisotopic (exact) mass is 395 g/mol. The van der Waals surface area contributed by atoms with Crippen molar-refractivity contribution < 1.29 is 13.5 Å². The first-order chi connectivity index (χ1) is 13.5. The van der Waals surface area contributed by atoms with E-state index in [2.05, 4.69) is 0 Å². The molecule has 0 saturated heterocycles. The number of benzene rings is 2. The average Bonchev–Trinajstić information content (AvgIpc) is 3.02. The third-order valence-corrected chi connectivity index (χ3v) is 4.93. The molecule has 0 aliphatic rings. The molecular formula is C20H11F2N3O2S. The highest BCUT2D eigenvalue weighted by Crippen LogP contribution is 2.13. The van der Waals surface area contributed by atoms with Crippen LogP contribution in [-0.2, 0) is 0 Å². The Balaban J connectivity index is 2.33. The highest BCUT2D eigenvalue weighted by atomic mass is 32.1. The fraction of sp³-hybridized carbons (Fsp3) is 0.0500. The van der Waals surface area contributed by atoms with E-state index < -0.39 is 17.2 Å². The van der Waals surface area contributed by atoms with Crippen LogP contribution >= 0.6 is 11.3 Å². The lowest BCUT2D eigenvalue weighted by Crippen LogP contribution is -2.30. The summed E-state index contributed by atoms with van der Waals surface area (Å²) in [5, 5.41) is 18.5. The Morgan fingerprint density at radius 1 is 1.11 bits per heavy atom. The summed E-state index contributed by atoms with van der Waals surface area (Å²) in [7, 11) is 1.50. The first-order valence-corrected chi connectivity index (χ1v) is 8.67. The molecular weight excluding hydrogens is 384 g/mol. The van der Waals surface area contributed by atoms with Crippen LogP contribution in [0, 0.1) is 34.3 Å². The Morgan fingerprint density at radius 2 is 1.79 bits per heavy atom. The molecule has 0 amide bonds. The van der Waals surface area contributed by atoms with Gasteiger partial charge in [-0.3, -0.25) is 9.36 Å². The summed E-state index contributed by atoms with van der Waals surface area (Å²) < 4.78 is 33.2. The molecule has 0 atom stereocenters. The van der Waals surface area contributed by atoms with Crippen molar-refractivity contribution in [3.63, 3.8) is 0 Å². The summed E-state index contributed by atoms with van der Waals surface area (Å²) in [5.74, 6) is -1.46. The molecule has 3 rings (SSSR count). The van der Waals surface area contributed by atoms with Crippen LogP contribution in [0.1, 0.15) is 5.56 Å². The van der Waals surface area contributed by atoms with Crippen molar-refractivity contribution in [2.75, 3.05) is 7.11 Å². The SMILES string of the molecule is COc1ccc(-n2c(=C(C#N)C#N)s/c(=C/c3ccc(F)c(F)c3)c2=O)cc1. The minimum Gasteiger partial charge on any atom is -0.497 e. The van der Waals surface area contributed by atoms with Crippen LogP contribution in [0.4, 0.5) is 8.78 Å². The quantitative estimate of drug-likeness (QED) is 0.681. The number of nitriles is 2. The molecule has 0 fully saturated rings. The van der Waals surface area contributed by atoms with E-state index in [1.165, 1.54) is 23.8 Å². The largest absolute Gasteiger partial charge is 0.497 e. The number of hydrogen-bond donors (Lipinski definition) is 0. The van der Waals surface area contributed by atoms with Gasteiger partial charge in [0, 0.05) is 0 Å². The smallest absolute Gasteiger partial charge is 0.273 e. The van der Waals surface area contributed by atoms with Crippen LogP contribution in [0.5, 0.6) is 5.75 Å². The molecule has 3 aromatic rings. The van der Waals surface area contributed by atoms with Crippen molar-refractivity contribution in [3.05, 3.63) is 79.2 Å². The van der Waals surface area contributed by atoms with Gasteiger partial charge in [0.25, 0.3) is 5.56 Å². The molecule has 0 spiro atoms. The van der Waals surface area contributed by atoms with E-state index in [4.69, 9.17) is 4.74 Å². The lowest BCUT2D eigenvalue weighted by molar-refractivity contribution is 0.414. The second-order valence-electron chi connectivity index (χ2n) is 5.53. The number of aromatic nitrogens is 1. The van der Waals surface area contributed by atoms with Crippen molar-refractivity contribution in [3.8, 4) is 23.6 Å². The van der Waals surface area contributed by atoms with E-state index in [0.717, 1.165) is 23.5 Å². The zero-order chi connectivity index (χ0) is 20.3. The van der Waals surface area contributed by atoms with Gasteiger partial charge >= 0.3 is 0 Å². The Morgan fingerprint density at radius 3 is 2.36 bits per heavy atom. The summed E-state index contributed by atoms with van der Waals surface area (Å²) in [4.78, 5) is 12.9. The first-order valence-electron chi connectivity index (χ1n) is 7.86. The summed E-state index contributed by atoms with van der Waals surface area (Å²) in [6, 6.07) is 13.3. The molecule has 0 aliphatic heterocycles. The standard InChI is InChI=1S/C20H11F2N3O2S/c1-27-15-5-3-14(4-6-15)25-19(26)18(28-20(25)13(10-23)11-24)9-12-2-7-16(21)17(22)8-12/h2-9H,1H3/b18-9+. The van der Waals surface area contributed by atoms with Gasteiger partial charge in [-0.05, 0) is 48.0 Å². The van der Waals surface area contributed by atoms with Crippen molar-refractivity contribution in [1.82, 2.24) is 4.57 Å². The highest BCUT2D eigenvalue weighted by Gasteiger charge is 2.12. The Bertz CT molecular complexity index is 1290. The fourth-order valence-electron chi connectivity index (χ4n) is 2.49. The molecule has 0 N–H and O–H groups in total. The molecule has 2 aromatic carbocycles. The number of ether oxygens (including phenoxy) is 1. The molecule has 1 heterocycles. The highest BCUT2D eigenvalue weighted by molar-refractivity contribution is 7.07. The van der Waals surface area contributed by atoms with Gasteiger partial charge in [-0.15, -0.1) is 11.3 Å². The zero-order valence-corrected chi connectivity index (χ0v) is 15.3. The Hall–Kier alpha value is -3.75. The lowest BCUT2D eigenvalue weighted by atomic mass is 10.2. The van der Waals surface area contributed by atoms with Gasteiger partial charge in [-0.2, -0.15) is 10.5 Å². The van der Waals surface area contributed by atoms with Crippen LogP contribution in [0.25, 0.3) is 17.3 Å². The third kappa shape index (κ3) is 3.54. The van der Waals surface area contributed by atoms with E-state index in [1.807, 2.05) is 0 Å². The van der Waals surface area contributed by atoms with E-state index >= 15 is 0 Å². The lowest BCUT2D eigenvalue weighted by Gasteiger charge is -2.04. The van der Waals surface area contributed by atoms with Gasteiger partial charge in [-0.25, -0.2) is 8.78 Å². The number of methoxy groups -OCH3 is 1. The Kier molecular flexibility index (Phi) is 5.35. The van der Waals surface area contributed by atoms with E-state index in [0.29, 0.717) is 11.4 Å². The number of nitrogens with zero attached hydrogens (tertiary/aromatic N) is 3. The van der Waals surface area contributed by atoms with Gasteiger partial charge in [0.05, 0.1) is 17.3 Å². The molecule has 5 nitrogen and oxygen atoms in total. The third-order valence-electron chi connectivity index (χ3n) is 3.83.